The average molecular weight is 256 g/mol. The highest BCUT2D eigenvalue weighted by Crippen LogP contribution is 2.18. The molecule has 0 aromatic heterocycles. The summed E-state index contributed by atoms with van der Waals surface area (Å²) in [6.45, 7) is 1.74. The maximum absolute atomic E-state index is 12.1. The van der Waals surface area contributed by atoms with Gasteiger partial charge in [-0.15, -0.1) is 0 Å². The largest absolute Gasteiger partial charge is 0.322 e. The van der Waals surface area contributed by atoms with E-state index in [1.165, 1.54) is 12.1 Å². The normalized spacial score (nSPS) is 9.95. The molecule has 2 aromatic carbocycles. The molecule has 1 N–H and O–H groups in total. The summed E-state index contributed by atoms with van der Waals surface area (Å²) in [5.41, 5.74) is 1.55. The molecule has 0 unspecified atom stereocenters. The highest BCUT2D eigenvalue weighted by Gasteiger charge is 2.14. The van der Waals surface area contributed by atoms with Crippen LogP contribution < -0.4 is 5.32 Å². The number of benzene rings is 2. The van der Waals surface area contributed by atoms with Gasteiger partial charge in [0.1, 0.15) is 0 Å². The summed E-state index contributed by atoms with van der Waals surface area (Å²) < 4.78 is 0. The fraction of sp³-hybridized carbons (Fsp3) is 0.0714. The number of rotatable bonds is 3. The quantitative estimate of drug-likeness (QED) is 0.677. The van der Waals surface area contributed by atoms with Crippen LogP contribution in [0.1, 0.15) is 15.9 Å². The molecule has 0 radical (unpaired) electrons. The second-order valence-electron chi connectivity index (χ2n) is 4.08. The van der Waals surface area contributed by atoms with E-state index in [0.29, 0.717) is 16.8 Å². The Labute approximate surface area is 110 Å². The van der Waals surface area contributed by atoms with Gasteiger partial charge in [0.15, 0.2) is 0 Å². The Kier molecular flexibility index (Phi) is 3.56. The minimum absolute atomic E-state index is 0.0937. The first kappa shape index (κ1) is 12.8. The number of nitrogens with zero attached hydrogens (tertiary/aromatic N) is 1. The molecule has 5 heteroatoms. The van der Waals surface area contributed by atoms with Crippen molar-refractivity contribution in [3.8, 4) is 0 Å². The van der Waals surface area contributed by atoms with Crippen LogP contribution >= 0.6 is 0 Å². The third kappa shape index (κ3) is 2.95. The maximum atomic E-state index is 12.1. The molecule has 0 spiro atoms. The van der Waals surface area contributed by atoms with E-state index in [-0.39, 0.29) is 11.6 Å². The van der Waals surface area contributed by atoms with E-state index in [2.05, 4.69) is 5.32 Å². The lowest BCUT2D eigenvalue weighted by Gasteiger charge is -2.07. The Morgan fingerprint density at radius 1 is 1.16 bits per heavy atom. The van der Waals surface area contributed by atoms with Gasteiger partial charge in [0.25, 0.3) is 11.6 Å². The monoisotopic (exact) mass is 256 g/mol. The van der Waals surface area contributed by atoms with E-state index in [4.69, 9.17) is 0 Å². The molecule has 5 nitrogen and oxygen atoms in total. The van der Waals surface area contributed by atoms with Crippen LogP contribution in [-0.4, -0.2) is 10.8 Å². The van der Waals surface area contributed by atoms with Gasteiger partial charge < -0.3 is 5.32 Å². The highest BCUT2D eigenvalue weighted by molar-refractivity contribution is 6.05. The molecule has 0 saturated heterocycles. The van der Waals surface area contributed by atoms with Gasteiger partial charge in [-0.05, 0) is 24.6 Å². The second kappa shape index (κ2) is 5.30. The molecule has 0 aliphatic rings. The van der Waals surface area contributed by atoms with Crippen LogP contribution in [0, 0.1) is 17.0 Å². The van der Waals surface area contributed by atoms with E-state index in [1.54, 1.807) is 37.3 Å². The van der Waals surface area contributed by atoms with E-state index in [0.717, 1.165) is 0 Å². The molecule has 2 aromatic rings. The number of hydrogen-bond acceptors (Lipinski definition) is 3. The van der Waals surface area contributed by atoms with E-state index >= 15 is 0 Å². The van der Waals surface area contributed by atoms with Gasteiger partial charge in [0.05, 0.1) is 4.92 Å². The van der Waals surface area contributed by atoms with Gasteiger partial charge in [0, 0.05) is 23.4 Å². The maximum Gasteiger partial charge on any atom is 0.270 e. The number of nitro groups is 1. The minimum atomic E-state index is -0.515. The summed E-state index contributed by atoms with van der Waals surface area (Å²) >= 11 is 0. The van der Waals surface area contributed by atoms with Crippen LogP contribution in [0.4, 0.5) is 11.4 Å². The van der Waals surface area contributed by atoms with Gasteiger partial charge >= 0.3 is 0 Å². The Balaban J connectivity index is 2.28. The third-order valence-corrected chi connectivity index (χ3v) is 2.71. The van der Waals surface area contributed by atoms with Crippen molar-refractivity contribution in [2.24, 2.45) is 0 Å². The van der Waals surface area contributed by atoms with Gasteiger partial charge in [-0.1, -0.05) is 24.3 Å². The summed E-state index contributed by atoms with van der Waals surface area (Å²) in [5, 5.41) is 13.4. The molecule has 0 aliphatic heterocycles. The van der Waals surface area contributed by atoms with Gasteiger partial charge in [-0.3, -0.25) is 14.9 Å². The van der Waals surface area contributed by atoms with Gasteiger partial charge in [-0.2, -0.15) is 0 Å². The zero-order valence-electron chi connectivity index (χ0n) is 10.3. The van der Waals surface area contributed by atoms with Crippen LogP contribution in [0.25, 0.3) is 0 Å². The lowest BCUT2D eigenvalue weighted by molar-refractivity contribution is -0.384. The minimum Gasteiger partial charge on any atom is -0.322 e. The first-order valence-corrected chi connectivity index (χ1v) is 5.69. The molecule has 0 bridgehead atoms. The van der Waals surface area contributed by atoms with Crippen molar-refractivity contribution in [2.45, 2.75) is 6.92 Å². The van der Waals surface area contributed by atoms with Gasteiger partial charge in [0.2, 0.25) is 0 Å². The first-order valence-electron chi connectivity index (χ1n) is 5.69. The van der Waals surface area contributed by atoms with Crippen molar-refractivity contribution in [1.29, 1.82) is 0 Å². The van der Waals surface area contributed by atoms with Crippen LogP contribution in [0.3, 0.4) is 0 Å². The van der Waals surface area contributed by atoms with Crippen LogP contribution in [0.15, 0.2) is 48.5 Å². The van der Waals surface area contributed by atoms with E-state index in [9.17, 15) is 14.9 Å². The van der Waals surface area contributed by atoms with Crippen molar-refractivity contribution >= 4 is 17.3 Å². The number of hydrogen-bond donors (Lipinski definition) is 1. The summed E-state index contributed by atoms with van der Waals surface area (Å²) in [6, 6.07) is 13.2. The fourth-order valence-corrected chi connectivity index (χ4v) is 1.69. The number of anilines is 1. The third-order valence-electron chi connectivity index (χ3n) is 2.71. The number of nitro benzene ring substituents is 1. The molecule has 0 atom stereocenters. The standard InChI is InChI=1S/C14H12N2O3/c1-10-7-8-12(16(18)19)9-13(10)14(17)15-11-5-3-2-4-6-11/h2-9H,1H3,(H,15,17). The van der Waals surface area contributed by atoms with E-state index in [1.807, 2.05) is 6.07 Å². The second-order valence-corrected chi connectivity index (χ2v) is 4.08. The number of carbonyl (C=O) groups excluding carboxylic acids is 1. The van der Waals surface area contributed by atoms with Crippen LogP contribution in [-0.2, 0) is 0 Å². The Bertz CT molecular complexity index is 624. The molecule has 1 amide bonds. The van der Waals surface area contributed by atoms with Crippen LogP contribution in [0.2, 0.25) is 0 Å². The summed E-state index contributed by atoms with van der Waals surface area (Å²) in [4.78, 5) is 22.3. The van der Waals surface area contributed by atoms with E-state index < -0.39 is 4.92 Å². The molecule has 0 fully saturated rings. The predicted molar refractivity (Wildman–Crippen MR) is 72.2 cm³/mol. The first-order chi connectivity index (χ1) is 9.08. The van der Waals surface area contributed by atoms with Crippen molar-refractivity contribution in [2.75, 3.05) is 5.32 Å². The summed E-state index contributed by atoms with van der Waals surface area (Å²) in [6.07, 6.45) is 0. The predicted octanol–water partition coefficient (Wildman–Crippen LogP) is 3.16. The molecular formula is C14H12N2O3. The number of amides is 1. The molecule has 2 rings (SSSR count). The topological polar surface area (TPSA) is 72.2 Å². The summed E-state index contributed by atoms with van der Waals surface area (Å²) in [7, 11) is 0. The molecule has 0 aliphatic carbocycles. The van der Waals surface area contributed by atoms with Crippen molar-refractivity contribution in [1.82, 2.24) is 0 Å². The SMILES string of the molecule is Cc1ccc([N+](=O)[O-])cc1C(=O)Nc1ccccc1. The van der Waals surface area contributed by atoms with Crippen molar-refractivity contribution in [3.05, 3.63) is 69.8 Å². The molecule has 19 heavy (non-hydrogen) atoms. The Morgan fingerprint density at radius 3 is 2.47 bits per heavy atom. The Hall–Kier alpha value is -2.69. The molecule has 0 heterocycles. The lowest BCUT2D eigenvalue weighted by Crippen LogP contribution is -2.13. The van der Waals surface area contributed by atoms with Crippen molar-refractivity contribution < 1.29 is 9.72 Å². The summed E-state index contributed by atoms with van der Waals surface area (Å²) in [5.74, 6) is -0.354. The Morgan fingerprint density at radius 2 is 1.84 bits per heavy atom. The number of non-ortho nitro benzene ring substituents is 1. The zero-order chi connectivity index (χ0) is 13.8. The zero-order valence-corrected chi connectivity index (χ0v) is 10.3. The number of para-hydroxylation sites is 1. The average Bonchev–Trinajstić information content (AvgIpc) is 2.40. The number of carbonyl (C=O) groups is 1. The fourth-order valence-electron chi connectivity index (χ4n) is 1.69. The molecule has 0 saturated carbocycles. The molecular weight excluding hydrogens is 244 g/mol. The van der Waals surface area contributed by atoms with Crippen LogP contribution in [0.5, 0.6) is 0 Å². The number of aryl methyl sites for hydroxylation is 1. The molecule has 96 valence electrons. The number of nitrogens with one attached hydrogen (secondary N) is 1. The smallest absolute Gasteiger partial charge is 0.270 e. The van der Waals surface area contributed by atoms with Gasteiger partial charge in [-0.25, -0.2) is 0 Å². The highest BCUT2D eigenvalue weighted by atomic mass is 16.6. The lowest BCUT2D eigenvalue weighted by atomic mass is 10.1. The van der Waals surface area contributed by atoms with Crippen molar-refractivity contribution in [3.63, 3.8) is 0 Å².